The van der Waals surface area contributed by atoms with E-state index in [0.717, 1.165) is 0 Å². The van der Waals surface area contributed by atoms with Gasteiger partial charge in [0.05, 0.1) is 13.2 Å². The normalized spacial score (nSPS) is 16.1. The molecule has 6 nitrogen and oxygen atoms in total. The molecule has 0 heterocycles. The summed E-state index contributed by atoms with van der Waals surface area (Å²) in [5.74, 6) is -52.3. The van der Waals surface area contributed by atoms with Crippen LogP contribution in [0, 0.1) is 0 Å². The van der Waals surface area contributed by atoms with Crippen LogP contribution in [0.5, 0.6) is 0 Å². The maximum Gasteiger partial charge on any atom is 0.460 e. The Morgan fingerprint density at radius 3 is 1.08 bits per heavy atom. The van der Waals surface area contributed by atoms with Gasteiger partial charge >= 0.3 is 57.1 Å². The molecule has 0 rings (SSSR count). The second kappa shape index (κ2) is 9.72. The average molecular weight is 603 g/mol. The number of hydrogen-bond donors (Lipinski definition) is 2. The molecule has 0 fully saturated rings. The average Bonchev–Trinajstić information content (AvgIpc) is 2.66. The van der Waals surface area contributed by atoms with E-state index in [1.807, 2.05) is 0 Å². The first-order valence-corrected chi connectivity index (χ1v) is 9.52. The monoisotopic (exact) mass is 603 g/mol. The van der Waals surface area contributed by atoms with Crippen LogP contribution in [0.2, 0.25) is 0 Å². The van der Waals surface area contributed by atoms with Crippen LogP contribution in [0.4, 0.5) is 74.6 Å². The van der Waals surface area contributed by atoms with Gasteiger partial charge in [-0.1, -0.05) is 0 Å². The number of aliphatic hydroxyl groups is 2. The summed E-state index contributed by atoms with van der Waals surface area (Å²) in [5.41, 5.74) is 0. The van der Waals surface area contributed by atoms with E-state index in [0.29, 0.717) is 0 Å². The van der Waals surface area contributed by atoms with Gasteiger partial charge < -0.3 is 10.2 Å². The van der Waals surface area contributed by atoms with Crippen molar-refractivity contribution < 1.29 is 97.6 Å². The summed E-state index contributed by atoms with van der Waals surface area (Å²) in [5, 5.41) is 8.55. The summed E-state index contributed by atoms with van der Waals surface area (Å²) in [6.07, 6.45) is -7.92. The minimum Gasteiger partial charge on any atom is -0.395 e. The van der Waals surface area contributed by atoms with Crippen molar-refractivity contribution >= 4 is 10.1 Å². The van der Waals surface area contributed by atoms with Crippen molar-refractivity contribution in [3.63, 3.8) is 0 Å². The van der Waals surface area contributed by atoms with Crippen LogP contribution in [-0.4, -0.2) is 97.0 Å². The lowest BCUT2D eigenvalue weighted by atomic mass is 9.91. The fourth-order valence-corrected chi connectivity index (χ4v) is 2.86. The largest absolute Gasteiger partial charge is 0.460 e. The summed E-state index contributed by atoms with van der Waals surface area (Å²) in [6.45, 7) is -5.30. The van der Waals surface area contributed by atoms with Crippen molar-refractivity contribution in [2.24, 2.45) is 0 Å². The molecule has 0 aromatic carbocycles. The molecule has 36 heavy (non-hydrogen) atoms. The van der Waals surface area contributed by atoms with Gasteiger partial charge in [0.15, 0.2) is 0 Å². The van der Waals surface area contributed by atoms with Crippen LogP contribution in [0.1, 0.15) is 0 Å². The number of alkyl halides is 17. The molecule has 0 aromatic heterocycles. The Bertz CT molecular complexity index is 866. The van der Waals surface area contributed by atoms with Gasteiger partial charge in [0.2, 0.25) is 0 Å². The molecule has 0 atom stereocenters. The molecule has 0 bridgehead atoms. The molecule has 0 aliphatic heterocycles. The lowest BCUT2D eigenvalue weighted by Gasteiger charge is -2.42. The van der Waals surface area contributed by atoms with E-state index in [1.165, 1.54) is 0 Å². The fraction of sp³-hybridized carbons (Fsp3) is 1.00. The van der Waals surface area contributed by atoms with E-state index >= 15 is 0 Å². The van der Waals surface area contributed by atoms with Gasteiger partial charge in [-0.2, -0.15) is 92.4 Å². The minimum atomic E-state index is -8.95. The molecule has 0 saturated carbocycles. The summed E-state index contributed by atoms with van der Waals surface area (Å²) >= 11 is 0. The zero-order valence-corrected chi connectivity index (χ0v) is 17.0. The van der Waals surface area contributed by atoms with E-state index in [2.05, 4.69) is 4.28 Å². The number of hydroxylamine groups is 2. The summed E-state index contributed by atoms with van der Waals surface area (Å²) in [4.78, 5) is 0. The van der Waals surface area contributed by atoms with E-state index in [4.69, 9.17) is 10.2 Å². The number of nitrogens with zero attached hydrogens (tertiary/aromatic N) is 1. The zero-order valence-electron chi connectivity index (χ0n) is 16.2. The van der Waals surface area contributed by atoms with Crippen LogP contribution in [0.15, 0.2) is 0 Å². The highest BCUT2D eigenvalue weighted by molar-refractivity contribution is 7.87. The second-order valence-corrected chi connectivity index (χ2v) is 7.94. The molecule has 0 aliphatic carbocycles. The third-order valence-corrected chi connectivity index (χ3v) is 5.20. The molecule has 2 N–H and O–H groups in total. The molecule has 0 saturated heterocycles. The first-order chi connectivity index (χ1) is 15.5. The topological polar surface area (TPSA) is 87.1 Å². The van der Waals surface area contributed by atoms with Crippen LogP contribution >= 0.6 is 0 Å². The molecule has 0 aromatic rings. The Kier molecular flexibility index (Phi) is 9.35. The molecule has 24 heteroatoms. The van der Waals surface area contributed by atoms with E-state index < -0.39 is 88.5 Å². The lowest BCUT2D eigenvalue weighted by molar-refractivity contribution is -0.458. The van der Waals surface area contributed by atoms with Gasteiger partial charge in [0.1, 0.15) is 0 Å². The summed E-state index contributed by atoms with van der Waals surface area (Å²) < 4.78 is 249. The summed E-state index contributed by atoms with van der Waals surface area (Å²) in [6, 6.07) is 0. The third-order valence-electron chi connectivity index (χ3n) is 3.91. The Balaban J connectivity index is 6.84. The molecule has 218 valence electrons. The minimum absolute atomic E-state index is 0.609. The highest BCUT2D eigenvalue weighted by Gasteiger charge is 2.96. The van der Waals surface area contributed by atoms with E-state index in [1.54, 1.807) is 0 Å². The SMILES string of the molecule is O=S(=O)(ON(CCO)CCO)C(F)(F)C(F)(F)C(F)(F)C(F)(F)C(F)(F)C(F)(F)C(F)(F)C(F)(F)F. The number of aliphatic hydroxyl groups excluding tert-OH is 2. The van der Waals surface area contributed by atoms with Crippen LogP contribution in [0.3, 0.4) is 0 Å². The number of rotatable bonds is 13. The first kappa shape index (κ1) is 34.6. The number of hydrogen-bond acceptors (Lipinski definition) is 6. The highest BCUT2D eigenvalue weighted by atomic mass is 32.2. The van der Waals surface area contributed by atoms with Crippen LogP contribution < -0.4 is 0 Å². The van der Waals surface area contributed by atoms with Crippen molar-refractivity contribution in [1.82, 2.24) is 5.06 Å². The second-order valence-electron chi connectivity index (χ2n) is 6.37. The van der Waals surface area contributed by atoms with Crippen LogP contribution in [-0.2, 0) is 14.4 Å². The maximum atomic E-state index is 13.8. The van der Waals surface area contributed by atoms with Gasteiger partial charge in [0, 0.05) is 13.1 Å². The maximum absolute atomic E-state index is 13.8. The van der Waals surface area contributed by atoms with Crippen molar-refractivity contribution in [2.45, 2.75) is 47.0 Å². The van der Waals surface area contributed by atoms with E-state index in [-0.39, 0.29) is 0 Å². The first-order valence-electron chi connectivity index (χ1n) is 8.11. The van der Waals surface area contributed by atoms with Crippen molar-refractivity contribution in [2.75, 3.05) is 26.3 Å². The predicted molar refractivity (Wildman–Crippen MR) is 76.4 cm³/mol. The van der Waals surface area contributed by atoms with Crippen molar-refractivity contribution in [3.8, 4) is 0 Å². The smallest absolute Gasteiger partial charge is 0.395 e. The Morgan fingerprint density at radius 2 is 0.806 bits per heavy atom. The van der Waals surface area contributed by atoms with Crippen molar-refractivity contribution in [3.05, 3.63) is 0 Å². The Labute approximate surface area is 187 Å². The van der Waals surface area contributed by atoms with Crippen molar-refractivity contribution in [1.29, 1.82) is 0 Å². The van der Waals surface area contributed by atoms with Gasteiger partial charge in [-0.3, -0.25) is 0 Å². The van der Waals surface area contributed by atoms with Gasteiger partial charge in [0.25, 0.3) is 0 Å². The fourth-order valence-electron chi connectivity index (χ4n) is 1.90. The van der Waals surface area contributed by atoms with Crippen LogP contribution in [0.25, 0.3) is 0 Å². The molecule has 0 aliphatic rings. The van der Waals surface area contributed by atoms with Gasteiger partial charge in [-0.05, 0) is 0 Å². The third kappa shape index (κ3) is 4.89. The zero-order chi connectivity index (χ0) is 29.6. The Morgan fingerprint density at radius 1 is 0.528 bits per heavy atom. The molecule has 0 unspecified atom stereocenters. The Hall–Kier alpha value is -1.40. The standard InChI is InChI=1S/C12H10F17NO5S/c13-5(14,7(17,18)9(21,22)11(25,26)27)6(15,16)8(19,20)10(23,24)12(28,29)36(33,34)35-30(1-3-31)2-4-32/h31-32H,1-4H2. The van der Waals surface area contributed by atoms with E-state index in [9.17, 15) is 83.1 Å². The quantitative estimate of drug-likeness (QED) is 0.248. The van der Waals surface area contributed by atoms with Gasteiger partial charge in [-0.25, -0.2) is 0 Å². The van der Waals surface area contributed by atoms with Gasteiger partial charge in [-0.15, -0.1) is 0 Å². The predicted octanol–water partition coefficient (Wildman–Crippen LogP) is 3.50. The summed E-state index contributed by atoms with van der Waals surface area (Å²) in [7, 11) is -7.79. The number of halogens is 17. The molecular formula is C12H10F17NO5S. The lowest BCUT2D eigenvalue weighted by Crippen LogP contribution is -2.75. The molecule has 0 spiro atoms. The highest BCUT2D eigenvalue weighted by Crippen LogP contribution is 2.64. The molecule has 0 amide bonds. The molecule has 0 radical (unpaired) electrons. The molecular weight excluding hydrogens is 593 g/mol.